The molecule has 10 aromatic carbocycles. The van der Waals surface area contributed by atoms with Gasteiger partial charge in [-0.3, -0.25) is 0 Å². The zero-order chi connectivity index (χ0) is 42.1. The summed E-state index contributed by atoms with van der Waals surface area (Å²) in [6.45, 7) is 4.73. The Morgan fingerprint density at radius 1 is 0.333 bits per heavy atom. The first kappa shape index (κ1) is 36.9. The monoisotopic (exact) mass is 804 g/mol. The fourth-order valence-electron chi connectivity index (χ4n) is 10.1. The molecule has 0 unspecified atom stereocenters. The summed E-state index contributed by atoms with van der Waals surface area (Å²) in [7, 11) is 0. The summed E-state index contributed by atoms with van der Waals surface area (Å²) in [6, 6.07) is 84.4. The molecule has 1 aromatic heterocycles. The van der Waals surface area contributed by atoms with Gasteiger partial charge in [-0.25, -0.2) is 0 Å². The number of hydrogen-bond acceptors (Lipinski definition) is 1. The third-order valence-electron chi connectivity index (χ3n) is 13.4. The number of aromatic nitrogens is 1. The molecule has 0 atom stereocenters. The molecule has 63 heavy (non-hydrogen) atoms. The molecule has 0 aliphatic heterocycles. The van der Waals surface area contributed by atoms with Crippen LogP contribution in [0.4, 0.5) is 17.1 Å². The highest BCUT2D eigenvalue weighted by molar-refractivity contribution is 6.12. The van der Waals surface area contributed by atoms with Crippen LogP contribution in [0.15, 0.2) is 231 Å². The molecule has 1 heterocycles. The maximum atomic E-state index is 2.46. The lowest BCUT2D eigenvalue weighted by Gasteiger charge is -2.26. The molecule has 0 bridgehead atoms. The quantitative estimate of drug-likeness (QED) is 0.156. The largest absolute Gasteiger partial charge is 0.311 e. The molecule has 0 saturated heterocycles. The first-order chi connectivity index (χ1) is 31.0. The SMILES string of the molecule is CC1(C)c2ccccc2-c2cc3c4cc(-c5ccc(-c6ccc(N(c7ccccc7)c7ccc(-c8ccc9ccccc9c8)cc7)cc6)cc5)ccc4n(-c4ccccc4)c3cc21. The van der Waals surface area contributed by atoms with E-state index in [1.807, 2.05) is 0 Å². The Bertz CT molecular complexity index is 3490. The number of hydrogen-bond donors (Lipinski definition) is 0. The molecule has 11 aromatic rings. The van der Waals surface area contributed by atoms with Gasteiger partial charge in [0.15, 0.2) is 0 Å². The molecule has 1 aliphatic carbocycles. The van der Waals surface area contributed by atoms with Gasteiger partial charge in [-0.15, -0.1) is 0 Å². The predicted octanol–water partition coefficient (Wildman–Crippen LogP) is 16.7. The first-order valence-electron chi connectivity index (χ1n) is 21.9. The van der Waals surface area contributed by atoms with E-state index in [2.05, 4.69) is 254 Å². The van der Waals surface area contributed by atoms with Crippen molar-refractivity contribution in [3.63, 3.8) is 0 Å². The van der Waals surface area contributed by atoms with Crippen LogP contribution < -0.4 is 4.90 Å². The Balaban J connectivity index is 0.871. The van der Waals surface area contributed by atoms with Gasteiger partial charge in [0.25, 0.3) is 0 Å². The van der Waals surface area contributed by atoms with E-state index in [0.717, 1.165) is 17.1 Å². The van der Waals surface area contributed by atoms with Gasteiger partial charge in [0.2, 0.25) is 0 Å². The van der Waals surface area contributed by atoms with Crippen molar-refractivity contribution in [2.24, 2.45) is 0 Å². The zero-order valence-electron chi connectivity index (χ0n) is 35.3. The van der Waals surface area contributed by atoms with Crippen molar-refractivity contribution >= 4 is 49.6 Å². The standard InChI is InChI=1S/C61H44N2/c1-61(2)57-20-12-11-19-53(57)54-39-56-55-38-48(31-36-59(55)63(60(56)40-58(54)61)50-17-7-4-8-18-50)44-23-21-42(22-24-44)43-27-32-51(33-28-43)62(49-15-5-3-6-16-49)52-34-29-45(30-35-52)47-26-25-41-13-9-10-14-46(41)37-47/h3-40H,1-2H3. The van der Waals surface area contributed by atoms with Crippen LogP contribution in [0.5, 0.6) is 0 Å². The third kappa shape index (κ3) is 6.17. The highest BCUT2D eigenvalue weighted by Crippen LogP contribution is 2.51. The smallest absolute Gasteiger partial charge is 0.0544 e. The second kappa shape index (κ2) is 14.6. The van der Waals surface area contributed by atoms with E-state index >= 15 is 0 Å². The topological polar surface area (TPSA) is 8.17 Å². The van der Waals surface area contributed by atoms with Crippen molar-refractivity contribution in [3.8, 4) is 50.2 Å². The maximum Gasteiger partial charge on any atom is 0.0544 e. The molecule has 0 saturated carbocycles. The molecule has 2 nitrogen and oxygen atoms in total. The van der Waals surface area contributed by atoms with E-state index in [-0.39, 0.29) is 5.41 Å². The summed E-state index contributed by atoms with van der Waals surface area (Å²) in [6.07, 6.45) is 0. The number of fused-ring (bicyclic) bond motifs is 7. The summed E-state index contributed by atoms with van der Waals surface area (Å²) in [5.41, 5.74) is 19.6. The lowest BCUT2D eigenvalue weighted by Crippen LogP contribution is -2.14. The fraction of sp³-hybridized carbons (Fsp3) is 0.0492. The van der Waals surface area contributed by atoms with Gasteiger partial charge in [-0.1, -0.05) is 166 Å². The van der Waals surface area contributed by atoms with E-state index in [1.165, 1.54) is 93.9 Å². The van der Waals surface area contributed by atoms with Gasteiger partial charge < -0.3 is 9.47 Å². The van der Waals surface area contributed by atoms with Crippen molar-refractivity contribution in [1.82, 2.24) is 4.57 Å². The molecule has 2 heteroatoms. The Kier molecular flexibility index (Phi) is 8.55. The van der Waals surface area contributed by atoms with E-state index in [1.54, 1.807) is 0 Å². The van der Waals surface area contributed by atoms with Gasteiger partial charge in [0, 0.05) is 38.9 Å². The van der Waals surface area contributed by atoms with Crippen LogP contribution >= 0.6 is 0 Å². The summed E-state index contributed by atoms with van der Waals surface area (Å²) < 4.78 is 2.45. The molecule has 0 N–H and O–H groups in total. The van der Waals surface area contributed by atoms with E-state index in [0.29, 0.717) is 0 Å². The Hall–Kier alpha value is -7.94. The molecule has 0 radical (unpaired) electrons. The van der Waals surface area contributed by atoms with Gasteiger partial charge in [0.1, 0.15) is 0 Å². The van der Waals surface area contributed by atoms with Crippen LogP contribution in [0.25, 0.3) is 82.8 Å². The van der Waals surface area contributed by atoms with Gasteiger partial charge in [-0.05, 0) is 145 Å². The van der Waals surface area contributed by atoms with Crippen molar-refractivity contribution in [3.05, 3.63) is 242 Å². The molecule has 0 fully saturated rings. The van der Waals surface area contributed by atoms with Crippen molar-refractivity contribution in [2.45, 2.75) is 19.3 Å². The van der Waals surface area contributed by atoms with Crippen LogP contribution in [0.1, 0.15) is 25.0 Å². The maximum absolute atomic E-state index is 2.46. The molecule has 1 aliphatic rings. The number of para-hydroxylation sites is 2. The summed E-state index contributed by atoms with van der Waals surface area (Å²) in [4.78, 5) is 2.33. The summed E-state index contributed by atoms with van der Waals surface area (Å²) in [5.74, 6) is 0. The minimum Gasteiger partial charge on any atom is -0.311 e. The van der Waals surface area contributed by atoms with Gasteiger partial charge in [-0.2, -0.15) is 0 Å². The number of nitrogens with zero attached hydrogens (tertiary/aromatic N) is 2. The normalized spacial score (nSPS) is 12.7. The molecule has 298 valence electrons. The number of benzene rings is 10. The summed E-state index contributed by atoms with van der Waals surface area (Å²) in [5, 5.41) is 5.06. The average molecular weight is 805 g/mol. The summed E-state index contributed by atoms with van der Waals surface area (Å²) >= 11 is 0. The lowest BCUT2D eigenvalue weighted by atomic mass is 9.82. The first-order valence-corrected chi connectivity index (χ1v) is 21.9. The predicted molar refractivity (Wildman–Crippen MR) is 267 cm³/mol. The fourth-order valence-corrected chi connectivity index (χ4v) is 10.1. The highest BCUT2D eigenvalue weighted by atomic mass is 15.1. The Morgan fingerprint density at radius 3 is 1.51 bits per heavy atom. The third-order valence-corrected chi connectivity index (χ3v) is 13.4. The minimum absolute atomic E-state index is 0.0711. The lowest BCUT2D eigenvalue weighted by molar-refractivity contribution is 0.661. The molecule has 0 spiro atoms. The Morgan fingerprint density at radius 2 is 0.825 bits per heavy atom. The molecular formula is C61H44N2. The van der Waals surface area contributed by atoms with Crippen molar-refractivity contribution in [2.75, 3.05) is 4.90 Å². The van der Waals surface area contributed by atoms with E-state index in [9.17, 15) is 0 Å². The second-order valence-corrected chi connectivity index (χ2v) is 17.4. The second-order valence-electron chi connectivity index (χ2n) is 17.4. The van der Waals surface area contributed by atoms with Crippen LogP contribution in [-0.2, 0) is 5.41 Å². The van der Waals surface area contributed by atoms with Crippen molar-refractivity contribution in [1.29, 1.82) is 0 Å². The molecule has 0 amide bonds. The van der Waals surface area contributed by atoms with Crippen LogP contribution in [-0.4, -0.2) is 4.57 Å². The van der Waals surface area contributed by atoms with Gasteiger partial charge >= 0.3 is 0 Å². The number of anilines is 3. The average Bonchev–Trinajstić information content (AvgIpc) is 3.78. The Labute approximate surface area is 368 Å². The highest BCUT2D eigenvalue weighted by Gasteiger charge is 2.36. The molecular weight excluding hydrogens is 761 g/mol. The van der Waals surface area contributed by atoms with Crippen LogP contribution in [0.3, 0.4) is 0 Å². The molecule has 12 rings (SSSR count). The van der Waals surface area contributed by atoms with Crippen LogP contribution in [0.2, 0.25) is 0 Å². The number of rotatable bonds is 7. The van der Waals surface area contributed by atoms with Crippen molar-refractivity contribution < 1.29 is 0 Å². The zero-order valence-corrected chi connectivity index (χ0v) is 35.3. The van der Waals surface area contributed by atoms with Crippen LogP contribution in [0, 0.1) is 0 Å². The minimum atomic E-state index is -0.0711. The van der Waals surface area contributed by atoms with Gasteiger partial charge in [0.05, 0.1) is 11.0 Å². The van der Waals surface area contributed by atoms with E-state index in [4.69, 9.17) is 0 Å². The van der Waals surface area contributed by atoms with E-state index < -0.39 is 0 Å².